The van der Waals surface area contributed by atoms with Crippen molar-refractivity contribution in [2.75, 3.05) is 4.90 Å². The highest BCUT2D eigenvalue weighted by Gasteiger charge is 2.44. The fraction of sp³-hybridized carbons (Fsp3) is 0.276. The molecule has 2 nitrogen and oxygen atoms in total. The van der Waals surface area contributed by atoms with Gasteiger partial charge >= 0.3 is 0 Å². The lowest BCUT2D eigenvalue weighted by atomic mass is 9.68. The van der Waals surface area contributed by atoms with Crippen molar-refractivity contribution in [1.29, 1.82) is 0 Å². The Bertz CT molecular complexity index is 3060. The first-order valence-corrected chi connectivity index (χ1v) is 21.9. The zero-order valence-corrected chi connectivity index (χ0v) is 37.6. The van der Waals surface area contributed by atoms with E-state index in [0.29, 0.717) is 0 Å². The Morgan fingerprint density at radius 1 is 0.483 bits per heavy atom. The second-order valence-electron chi connectivity index (χ2n) is 19.6. The Labute approximate surface area is 357 Å². The predicted octanol–water partition coefficient (Wildman–Crippen LogP) is 15.4. The summed E-state index contributed by atoms with van der Waals surface area (Å²) in [5, 5.41) is 2.68. The molecule has 0 aliphatic carbocycles. The molecule has 2 aliphatic heterocycles. The third-order valence-corrected chi connectivity index (χ3v) is 14.3. The van der Waals surface area contributed by atoms with Gasteiger partial charge in [-0.15, -0.1) is 0 Å². The van der Waals surface area contributed by atoms with Crippen LogP contribution in [0.1, 0.15) is 117 Å². The maximum absolute atomic E-state index is 2.68. The molecule has 0 saturated carbocycles. The summed E-state index contributed by atoms with van der Waals surface area (Å²) >= 11 is 0. The zero-order valence-electron chi connectivity index (χ0n) is 37.6. The van der Waals surface area contributed by atoms with Gasteiger partial charge in [0.25, 0.3) is 0 Å². The Hall–Kier alpha value is -5.86. The molecular weight excluding hydrogens is 725 g/mol. The third-order valence-electron chi connectivity index (χ3n) is 14.3. The topological polar surface area (TPSA) is 8.17 Å². The highest BCUT2D eigenvalue weighted by Crippen LogP contribution is 2.57. The molecule has 1 atom stereocenters. The largest absolute Gasteiger partial charge is 0.310 e. The van der Waals surface area contributed by atoms with E-state index in [1.807, 2.05) is 0 Å². The fourth-order valence-electron chi connectivity index (χ4n) is 11.8. The van der Waals surface area contributed by atoms with E-state index in [-0.39, 0.29) is 16.7 Å². The van der Waals surface area contributed by atoms with Crippen molar-refractivity contribution < 1.29 is 0 Å². The molecule has 1 unspecified atom stereocenters. The van der Waals surface area contributed by atoms with Crippen molar-refractivity contribution in [2.45, 2.75) is 106 Å². The average Bonchev–Trinajstić information content (AvgIpc) is 3.50. The molecule has 0 radical (unpaired) electrons. The van der Waals surface area contributed by atoms with Gasteiger partial charge in [-0.05, 0) is 159 Å². The standard InChI is InChI=1S/C58H58N2/c1-33-16-13-18-41(26-33)28-45(52-37(5)22-35(3)23-38(52)6)42-29-46-47-31-44(59(43-19-14-17-34(2)27-43)53-39(7)24-36(4)25-40(53)8)32-51-55(47)60-54(46)50(30-42)57(9,10)48-20-15-21-49(56(48)60)58(51,11)12/h13-27,29-32,45H,28H2,1-12H3. The quantitative estimate of drug-likeness (QED) is 0.156. The van der Waals surface area contributed by atoms with Crippen LogP contribution >= 0.6 is 0 Å². The molecule has 0 fully saturated rings. The summed E-state index contributed by atoms with van der Waals surface area (Å²) < 4.78 is 2.68. The van der Waals surface area contributed by atoms with Crippen molar-refractivity contribution in [3.05, 3.63) is 199 Å². The van der Waals surface area contributed by atoms with E-state index in [1.54, 1.807) is 0 Å². The average molecular weight is 783 g/mol. The Kier molecular flexibility index (Phi) is 8.51. The van der Waals surface area contributed by atoms with Crippen molar-refractivity contribution in [1.82, 2.24) is 4.57 Å². The number of aromatic nitrogens is 1. The maximum atomic E-state index is 2.68. The minimum atomic E-state index is -0.236. The lowest BCUT2D eigenvalue weighted by Crippen LogP contribution is -2.33. The van der Waals surface area contributed by atoms with Crippen LogP contribution in [-0.2, 0) is 17.3 Å². The van der Waals surface area contributed by atoms with Gasteiger partial charge in [-0.25, -0.2) is 0 Å². The minimum Gasteiger partial charge on any atom is -0.310 e. The van der Waals surface area contributed by atoms with E-state index in [0.717, 1.165) is 6.42 Å². The molecule has 0 amide bonds. The lowest BCUT2D eigenvalue weighted by Gasteiger charge is -2.42. The van der Waals surface area contributed by atoms with E-state index >= 15 is 0 Å². The van der Waals surface area contributed by atoms with Crippen molar-refractivity contribution in [2.24, 2.45) is 0 Å². The van der Waals surface area contributed by atoms with E-state index < -0.39 is 0 Å². The Balaban J connectivity index is 1.35. The van der Waals surface area contributed by atoms with Crippen molar-refractivity contribution in [3.8, 4) is 5.69 Å². The number of benzene rings is 7. The molecule has 0 saturated heterocycles. The van der Waals surface area contributed by atoms with Crippen LogP contribution in [0, 0.1) is 55.4 Å². The third kappa shape index (κ3) is 5.59. The molecule has 7 aromatic carbocycles. The highest BCUT2D eigenvalue weighted by atomic mass is 15.1. The van der Waals surface area contributed by atoms with Crippen molar-refractivity contribution >= 4 is 38.9 Å². The normalized spacial score (nSPS) is 14.9. The van der Waals surface area contributed by atoms with Gasteiger partial charge in [-0.3, -0.25) is 0 Å². The molecule has 0 spiro atoms. The van der Waals surface area contributed by atoms with Crippen molar-refractivity contribution in [3.63, 3.8) is 0 Å². The molecule has 2 heteroatoms. The summed E-state index contributed by atoms with van der Waals surface area (Å²) in [5.74, 6) is 0.181. The van der Waals surface area contributed by atoms with Crippen LogP contribution in [0.5, 0.6) is 0 Å². The molecule has 1 aromatic heterocycles. The first-order chi connectivity index (χ1) is 28.5. The van der Waals surface area contributed by atoms with E-state index in [2.05, 4.69) is 208 Å². The lowest BCUT2D eigenvalue weighted by molar-refractivity contribution is 0.592. The molecule has 0 N–H and O–H groups in total. The number of anilines is 3. The summed E-state index contributed by atoms with van der Waals surface area (Å²) in [6, 6.07) is 45.1. The van der Waals surface area contributed by atoms with Crippen LogP contribution in [-0.4, -0.2) is 4.57 Å². The SMILES string of the molecule is Cc1cccc(CC(c2cc3c4c(c2)c2cc(N(c5cccc(C)c5)c5c(C)cc(C)cc5C)cc5c2n4-c2c(cccc2C5(C)C)C3(C)C)c2c(C)cc(C)cc2C)c1. The summed E-state index contributed by atoms with van der Waals surface area (Å²) in [6.45, 7) is 27.9. The number of fused-ring (bicyclic) bond motifs is 1. The number of hydrogen-bond donors (Lipinski definition) is 0. The van der Waals surface area contributed by atoms with Gasteiger partial charge in [-0.2, -0.15) is 0 Å². The van der Waals surface area contributed by atoms with Crippen LogP contribution in [0.4, 0.5) is 17.1 Å². The number of aryl methyl sites for hydroxylation is 8. The number of rotatable bonds is 7. The van der Waals surface area contributed by atoms with E-state index in [9.17, 15) is 0 Å². The van der Waals surface area contributed by atoms with Gasteiger partial charge in [-0.1, -0.05) is 129 Å². The predicted molar refractivity (Wildman–Crippen MR) is 256 cm³/mol. The van der Waals surface area contributed by atoms with Gasteiger partial charge in [0.15, 0.2) is 0 Å². The molecule has 60 heavy (non-hydrogen) atoms. The molecule has 300 valence electrons. The van der Waals surface area contributed by atoms with Gasteiger partial charge in [0, 0.05) is 38.9 Å². The summed E-state index contributed by atoms with van der Waals surface area (Å²) in [5.41, 5.74) is 27.6. The first kappa shape index (κ1) is 38.3. The van der Waals surface area contributed by atoms with Crippen LogP contribution < -0.4 is 4.90 Å². The van der Waals surface area contributed by atoms with Gasteiger partial charge in [0.2, 0.25) is 0 Å². The zero-order chi connectivity index (χ0) is 42.2. The van der Waals surface area contributed by atoms with Gasteiger partial charge in [0.1, 0.15) is 0 Å². The summed E-state index contributed by atoms with van der Waals surface area (Å²) in [7, 11) is 0. The molecule has 3 heterocycles. The molecule has 10 rings (SSSR count). The van der Waals surface area contributed by atoms with E-state index in [4.69, 9.17) is 0 Å². The molecule has 0 bridgehead atoms. The second-order valence-corrected chi connectivity index (χ2v) is 19.6. The van der Waals surface area contributed by atoms with Gasteiger partial charge < -0.3 is 9.47 Å². The van der Waals surface area contributed by atoms with E-state index in [1.165, 1.54) is 128 Å². The van der Waals surface area contributed by atoms with Crippen LogP contribution in [0.3, 0.4) is 0 Å². The van der Waals surface area contributed by atoms with Crippen LogP contribution in [0.2, 0.25) is 0 Å². The number of nitrogens with zero attached hydrogens (tertiary/aromatic N) is 2. The fourth-order valence-corrected chi connectivity index (χ4v) is 11.8. The summed E-state index contributed by atoms with van der Waals surface area (Å²) in [4.78, 5) is 2.55. The number of para-hydroxylation sites is 1. The smallest absolute Gasteiger partial charge is 0.0583 e. The first-order valence-electron chi connectivity index (χ1n) is 21.9. The molecular formula is C58H58N2. The monoisotopic (exact) mass is 782 g/mol. The summed E-state index contributed by atoms with van der Waals surface area (Å²) in [6.07, 6.45) is 0.938. The Morgan fingerprint density at radius 3 is 1.62 bits per heavy atom. The minimum absolute atomic E-state index is 0.181. The molecule has 8 aromatic rings. The van der Waals surface area contributed by atoms with Gasteiger partial charge in [0.05, 0.1) is 22.4 Å². The maximum Gasteiger partial charge on any atom is 0.0583 e. The highest BCUT2D eigenvalue weighted by molar-refractivity contribution is 6.15. The second kappa shape index (κ2) is 13.3. The van der Waals surface area contributed by atoms with Crippen LogP contribution in [0.25, 0.3) is 27.5 Å². The Morgan fingerprint density at radius 2 is 1.02 bits per heavy atom. The van der Waals surface area contributed by atoms with Crippen LogP contribution in [0.15, 0.2) is 115 Å². The number of hydrogen-bond acceptors (Lipinski definition) is 1. The molecule has 2 aliphatic rings.